The zero-order valence-corrected chi connectivity index (χ0v) is 22.9. The van der Waals surface area contributed by atoms with Gasteiger partial charge in [0.2, 0.25) is 11.8 Å². The molecule has 4 aromatic rings. The first-order valence-electron chi connectivity index (χ1n) is 13.4. The number of nitrogens with one attached hydrogen (secondary N) is 4. The molecule has 1 aliphatic heterocycles. The fourth-order valence-corrected chi connectivity index (χ4v) is 4.95. The minimum atomic E-state index is -0.330. The van der Waals surface area contributed by atoms with Crippen molar-refractivity contribution in [3.63, 3.8) is 0 Å². The average Bonchev–Trinajstić information content (AvgIpc) is 3.56. The summed E-state index contributed by atoms with van der Waals surface area (Å²) < 4.78 is 0. The lowest BCUT2D eigenvalue weighted by molar-refractivity contribution is -0.120. The molecule has 10 nitrogen and oxygen atoms in total. The molecule has 1 fully saturated rings. The Labute approximate surface area is 232 Å². The molecule has 1 atom stereocenters. The molecule has 40 heavy (non-hydrogen) atoms. The number of nitrogens with zero attached hydrogens (tertiary/aromatic N) is 3. The van der Waals surface area contributed by atoms with Crippen molar-refractivity contribution in [3.05, 3.63) is 71.7 Å². The first-order valence-corrected chi connectivity index (χ1v) is 13.4. The molecule has 1 saturated heterocycles. The van der Waals surface area contributed by atoms with E-state index >= 15 is 0 Å². The predicted octanol–water partition coefficient (Wildman–Crippen LogP) is 3.90. The summed E-state index contributed by atoms with van der Waals surface area (Å²) in [5.41, 5.74) is 5.38. The van der Waals surface area contributed by atoms with E-state index in [0.717, 1.165) is 41.6 Å². The van der Waals surface area contributed by atoms with E-state index in [9.17, 15) is 14.4 Å². The lowest BCUT2D eigenvalue weighted by atomic mass is 10.1. The van der Waals surface area contributed by atoms with Gasteiger partial charge in [-0.25, -0.2) is 4.98 Å². The number of hydrogen-bond acceptors (Lipinski definition) is 6. The van der Waals surface area contributed by atoms with Crippen molar-refractivity contribution < 1.29 is 14.4 Å². The Morgan fingerprint density at radius 1 is 1.05 bits per heavy atom. The highest BCUT2D eigenvalue weighted by molar-refractivity contribution is 6.06. The number of amides is 3. The summed E-state index contributed by atoms with van der Waals surface area (Å²) >= 11 is 0. The highest BCUT2D eigenvalue weighted by Gasteiger charge is 2.22. The minimum absolute atomic E-state index is 0.0545. The van der Waals surface area contributed by atoms with Crippen LogP contribution in [0.25, 0.3) is 22.3 Å². The highest BCUT2D eigenvalue weighted by atomic mass is 16.2. The number of rotatable bonds is 8. The summed E-state index contributed by atoms with van der Waals surface area (Å²) in [6.45, 7) is 5.19. The Hall–Kier alpha value is -4.57. The van der Waals surface area contributed by atoms with Gasteiger partial charge in [-0.05, 0) is 68.6 Å². The van der Waals surface area contributed by atoms with Crippen molar-refractivity contribution in [2.75, 3.05) is 30.8 Å². The van der Waals surface area contributed by atoms with Crippen LogP contribution in [-0.2, 0) is 16.0 Å². The Morgan fingerprint density at radius 3 is 2.67 bits per heavy atom. The van der Waals surface area contributed by atoms with E-state index < -0.39 is 0 Å². The number of anilines is 2. The number of pyridine rings is 2. The Kier molecular flexibility index (Phi) is 7.88. The van der Waals surface area contributed by atoms with Gasteiger partial charge in [0, 0.05) is 30.4 Å². The van der Waals surface area contributed by atoms with Crippen LogP contribution in [0.15, 0.2) is 54.9 Å². The first-order chi connectivity index (χ1) is 19.3. The molecule has 3 amide bonds. The number of likely N-dealkylation sites (tertiary alicyclic amines) is 1. The molecular formula is C30H33N7O3. The molecule has 4 N–H and O–H groups in total. The lowest BCUT2D eigenvalue weighted by Gasteiger charge is -2.20. The average molecular weight is 540 g/mol. The van der Waals surface area contributed by atoms with Gasteiger partial charge in [-0.2, -0.15) is 0 Å². The topological polar surface area (TPSA) is 132 Å². The summed E-state index contributed by atoms with van der Waals surface area (Å²) in [6.07, 6.45) is 5.62. The Balaban J connectivity index is 1.29. The fraction of sp³-hybridized carbons (Fsp3) is 0.300. The molecule has 0 saturated carbocycles. The van der Waals surface area contributed by atoms with Crippen LogP contribution in [0.1, 0.15) is 41.4 Å². The summed E-state index contributed by atoms with van der Waals surface area (Å²) in [5.74, 6) is -0.487. The summed E-state index contributed by atoms with van der Waals surface area (Å²) in [7, 11) is 1.62. The normalized spacial score (nSPS) is 15.2. The number of carbonyl (C=O) groups excluding carboxylic acids is 3. The second-order valence-corrected chi connectivity index (χ2v) is 10.2. The number of likely N-dealkylation sites (N-methyl/N-ethyl adjacent to an activating group) is 1. The monoisotopic (exact) mass is 539 g/mol. The number of carbonyl (C=O) groups is 3. The molecule has 4 heterocycles. The Morgan fingerprint density at radius 2 is 1.90 bits per heavy atom. The third-order valence-corrected chi connectivity index (χ3v) is 7.27. The summed E-state index contributed by atoms with van der Waals surface area (Å²) in [4.78, 5) is 51.7. The quantitative estimate of drug-likeness (QED) is 0.269. The second kappa shape index (κ2) is 11.7. The molecule has 0 radical (unpaired) electrons. The smallest absolute Gasteiger partial charge is 0.257 e. The van der Waals surface area contributed by atoms with Gasteiger partial charge in [0.25, 0.3) is 5.91 Å². The highest BCUT2D eigenvalue weighted by Crippen LogP contribution is 2.26. The van der Waals surface area contributed by atoms with E-state index in [1.54, 1.807) is 32.3 Å². The van der Waals surface area contributed by atoms with Gasteiger partial charge >= 0.3 is 0 Å². The molecule has 0 spiro atoms. The second-order valence-electron chi connectivity index (χ2n) is 10.2. The zero-order valence-electron chi connectivity index (χ0n) is 22.9. The SMILES string of the molecule is CNC(=O)Cc1cccc(-c2cc3cc(C(=O)Nc4cc(NC(=O)CN5CCC[C@@H]5C)cnc4C)cnc3[nH]2)c1. The third-order valence-electron chi connectivity index (χ3n) is 7.27. The molecule has 10 heteroatoms. The zero-order chi connectivity index (χ0) is 28.2. The van der Waals surface area contributed by atoms with E-state index in [0.29, 0.717) is 47.3 Å². The van der Waals surface area contributed by atoms with Gasteiger partial charge in [-0.1, -0.05) is 18.2 Å². The molecule has 0 unspecified atom stereocenters. The predicted molar refractivity (Wildman–Crippen MR) is 155 cm³/mol. The van der Waals surface area contributed by atoms with Crippen molar-refractivity contribution in [2.24, 2.45) is 0 Å². The van der Waals surface area contributed by atoms with E-state index in [2.05, 4.69) is 42.7 Å². The van der Waals surface area contributed by atoms with Crippen LogP contribution >= 0.6 is 0 Å². The van der Waals surface area contributed by atoms with Crippen LogP contribution < -0.4 is 16.0 Å². The molecule has 1 aliphatic rings. The van der Waals surface area contributed by atoms with Crippen LogP contribution in [0.5, 0.6) is 0 Å². The molecule has 0 bridgehead atoms. The maximum Gasteiger partial charge on any atom is 0.257 e. The molecule has 5 rings (SSSR count). The van der Waals surface area contributed by atoms with Crippen molar-refractivity contribution in [2.45, 2.75) is 39.2 Å². The number of aryl methyl sites for hydroxylation is 1. The largest absolute Gasteiger partial charge is 0.359 e. The number of fused-ring (bicyclic) bond motifs is 1. The first kappa shape index (κ1) is 27.0. The van der Waals surface area contributed by atoms with Crippen LogP contribution in [0, 0.1) is 6.92 Å². The molecule has 1 aromatic carbocycles. The van der Waals surface area contributed by atoms with Gasteiger partial charge in [0.15, 0.2) is 0 Å². The van der Waals surface area contributed by atoms with Crippen molar-refractivity contribution in [1.82, 2.24) is 25.2 Å². The Bertz CT molecular complexity index is 1580. The van der Waals surface area contributed by atoms with Crippen LogP contribution in [-0.4, -0.2) is 63.8 Å². The number of benzene rings is 1. The molecular weight excluding hydrogens is 506 g/mol. The van der Waals surface area contributed by atoms with E-state index in [-0.39, 0.29) is 17.7 Å². The third kappa shape index (κ3) is 6.18. The van der Waals surface area contributed by atoms with Crippen molar-refractivity contribution >= 4 is 40.1 Å². The van der Waals surface area contributed by atoms with Crippen LogP contribution in [0.4, 0.5) is 11.4 Å². The van der Waals surface area contributed by atoms with Gasteiger partial charge in [-0.15, -0.1) is 0 Å². The van der Waals surface area contributed by atoms with E-state index in [1.807, 2.05) is 30.3 Å². The molecule has 0 aliphatic carbocycles. The van der Waals surface area contributed by atoms with E-state index in [1.165, 1.54) is 6.20 Å². The maximum atomic E-state index is 13.1. The van der Waals surface area contributed by atoms with Gasteiger partial charge < -0.3 is 20.9 Å². The number of aromatic nitrogens is 3. The van der Waals surface area contributed by atoms with Gasteiger partial charge in [-0.3, -0.25) is 24.3 Å². The summed E-state index contributed by atoms with van der Waals surface area (Å²) in [6, 6.07) is 13.6. The number of H-pyrrole nitrogens is 1. The number of aromatic amines is 1. The fourth-order valence-electron chi connectivity index (χ4n) is 4.95. The molecule has 206 valence electrons. The maximum absolute atomic E-state index is 13.1. The van der Waals surface area contributed by atoms with E-state index in [4.69, 9.17) is 0 Å². The van der Waals surface area contributed by atoms with Crippen LogP contribution in [0.2, 0.25) is 0 Å². The van der Waals surface area contributed by atoms with Crippen molar-refractivity contribution in [3.8, 4) is 11.3 Å². The minimum Gasteiger partial charge on any atom is -0.359 e. The van der Waals surface area contributed by atoms with Crippen molar-refractivity contribution in [1.29, 1.82) is 0 Å². The van der Waals surface area contributed by atoms with Crippen LogP contribution in [0.3, 0.4) is 0 Å². The lowest BCUT2D eigenvalue weighted by Crippen LogP contribution is -2.35. The molecule has 3 aromatic heterocycles. The standard InChI is InChI=1S/C30H33N7O3/c1-18-6-5-9-37(18)17-28(39)34-24-14-25(19(2)32-16-24)36-30(40)23-12-22-13-26(35-29(22)33-15-23)21-8-4-7-20(10-21)11-27(38)31-3/h4,7-8,10,12-16,18H,5-6,9,11,17H2,1-3H3,(H,31,38)(H,33,35)(H,34,39)(H,36,40)/t18-/m0/s1. The number of hydrogen-bond donors (Lipinski definition) is 4. The summed E-state index contributed by atoms with van der Waals surface area (Å²) in [5, 5.41) is 9.22. The van der Waals surface area contributed by atoms with Gasteiger partial charge in [0.05, 0.1) is 41.8 Å². The van der Waals surface area contributed by atoms with Gasteiger partial charge in [0.1, 0.15) is 5.65 Å².